The van der Waals surface area contributed by atoms with E-state index in [1.807, 2.05) is 42.5 Å². The van der Waals surface area contributed by atoms with Crippen LogP contribution < -0.4 is 9.47 Å². The first kappa shape index (κ1) is 21.2. The maximum atomic E-state index is 10.6. The standard InChI is InChI=1S/C20H15N3O2.C2HF3O2/c1-2-4-18-17(3-1)24-12-19(25-18)20-22-15-6-5-14(11-16(15)23-20)13-7-9-21-10-8-13;3-2(4,5)1(6)7/h1-11,19H,12H2,(H,22,23);(H,6,7). The Kier molecular flexibility index (Phi) is 5.67. The fraction of sp³-hybridized carbons (Fsp3) is 0.136. The van der Waals surface area contributed by atoms with Crippen LogP contribution in [0.25, 0.3) is 22.2 Å². The number of nitrogens with zero attached hydrogens (tertiary/aromatic N) is 2. The normalized spacial score (nSPS) is 15.0. The van der Waals surface area contributed by atoms with Gasteiger partial charge in [-0.05, 0) is 47.5 Å². The second-order valence-corrected chi connectivity index (χ2v) is 6.76. The quantitative estimate of drug-likeness (QED) is 0.463. The second kappa shape index (κ2) is 8.58. The largest absolute Gasteiger partial charge is 0.490 e. The van der Waals surface area contributed by atoms with E-state index in [0.29, 0.717) is 6.61 Å². The number of ether oxygens (including phenoxy) is 2. The molecule has 5 rings (SSSR count). The van der Waals surface area contributed by atoms with Crippen molar-refractivity contribution >= 4 is 17.0 Å². The van der Waals surface area contributed by atoms with Crippen molar-refractivity contribution in [2.75, 3.05) is 6.61 Å². The Balaban J connectivity index is 0.000000307. The fourth-order valence-corrected chi connectivity index (χ4v) is 3.06. The van der Waals surface area contributed by atoms with Gasteiger partial charge in [-0.15, -0.1) is 0 Å². The van der Waals surface area contributed by atoms with Crippen LogP contribution in [0, 0.1) is 0 Å². The van der Waals surface area contributed by atoms with E-state index in [1.54, 1.807) is 12.4 Å². The van der Waals surface area contributed by atoms with Crippen LogP contribution in [0.1, 0.15) is 11.9 Å². The molecule has 0 aliphatic carbocycles. The first-order valence-electron chi connectivity index (χ1n) is 9.40. The number of aromatic nitrogens is 3. The van der Waals surface area contributed by atoms with Gasteiger partial charge in [0.25, 0.3) is 0 Å². The molecular formula is C22H16F3N3O4. The Labute approximate surface area is 179 Å². The number of aromatic amines is 1. The predicted molar refractivity (Wildman–Crippen MR) is 108 cm³/mol. The topological polar surface area (TPSA) is 97.3 Å². The zero-order chi connectivity index (χ0) is 22.7. The lowest BCUT2D eigenvalue weighted by Gasteiger charge is -2.24. The lowest BCUT2D eigenvalue weighted by Crippen LogP contribution is -2.22. The lowest BCUT2D eigenvalue weighted by molar-refractivity contribution is -0.192. The number of para-hydroxylation sites is 2. The number of halogens is 3. The average Bonchev–Trinajstić information content (AvgIpc) is 3.22. The lowest BCUT2D eigenvalue weighted by atomic mass is 10.1. The highest BCUT2D eigenvalue weighted by Crippen LogP contribution is 2.35. The van der Waals surface area contributed by atoms with Crippen LogP contribution in [0.15, 0.2) is 67.0 Å². The Morgan fingerprint density at radius 3 is 2.41 bits per heavy atom. The minimum Gasteiger partial charge on any atom is -0.485 e. The van der Waals surface area contributed by atoms with E-state index in [9.17, 15) is 13.2 Å². The Morgan fingerprint density at radius 1 is 1.03 bits per heavy atom. The maximum Gasteiger partial charge on any atom is 0.490 e. The molecule has 0 bridgehead atoms. The molecule has 0 saturated carbocycles. The van der Waals surface area contributed by atoms with Gasteiger partial charge in [0, 0.05) is 12.4 Å². The van der Waals surface area contributed by atoms with Gasteiger partial charge in [0.1, 0.15) is 6.61 Å². The molecular weight excluding hydrogens is 427 g/mol. The second-order valence-electron chi connectivity index (χ2n) is 6.76. The average molecular weight is 443 g/mol. The van der Waals surface area contributed by atoms with Crippen molar-refractivity contribution in [3.63, 3.8) is 0 Å². The molecule has 0 fully saturated rings. The predicted octanol–water partition coefficient (Wildman–Crippen LogP) is 4.77. The summed E-state index contributed by atoms with van der Waals surface area (Å²) in [5, 5.41) is 7.12. The summed E-state index contributed by atoms with van der Waals surface area (Å²) in [5.41, 5.74) is 4.14. The van der Waals surface area contributed by atoms with E-state index < -0.39 is 12.1 Å². The number of rotatable bonds is 2. The molecule has 4 aromatic rings. The van der Waals surface area contributed by atoms with E-state index in [4.69, 9.17) is 19.4 Å². The van der Waals surface area contributed by atoms with Crippen molar-refractivity contribution < 1.29 is 32.5 Å². The van der Waals surface area contributed by atoms with Gasteiger partial charge in [0.15, 0.2) is 23.4 Å². The highest BCUT2D eigenvalue weighted by atomic mass is 19.4. The van der Waals surface area contributed by atoms with Crippen LogP contribution in [0.2, 0.25) is 0 Å². The molecule has 0 amide bonds. The Morgan fingerprint density at radius 2 is 1.72 bits per heavy atom. The van der Waals surface area contributed by atoms with Crippen molar-refractivity contribution in [1.29, 1.82) is 0 Å². The molecule has 2 aromatic carbocycles. The molecule has 2 aromatic heterocycles. The van der Waals surface area contributed by atoms with Gasteiger partial charge >= 0.3 is 12.1 Å². The molecule has 0 spiro atoms. The van der Waals surface area contributed by atoms with Gasteiger partial charge in [0.2, 0.25) is 0 Å². The highest BCUT2D eigenvalue weighted by Gasteiger charge is 2.38. The molecule has 10 heteroatoms. The summed E-state index contributed by atoms with van der Waals surface area (Å²) in [6.07, 6.45) is -1.74. The number of carbonyl (C=O) groups is 1. The number of H-pyrrole nitrogens is 1. The summed E-state index contributed by atoms with van der Waals surface area (Å²) in [6, 6.07) is 17.9. The Bertz CT molecular complexity index is 1240. The molecule has 1 aliphatic heterocycles. The van der Waals surface area contributed by atoms with E-state index in [2.05, 4.69) is 27.1 Å². The summed E-state index contributed by atoms with van der Waals surface area (Å²) in [7, 11) is 0. The monoisotopic (exact) mass is 443 g/mol. The molecule has 0 saturated heterocycles. The van der Waals surface area contributed by atoms with Gasteiger partial charge in [-0.3, -0.25) is 4.98 Å². The molecule has 2 N–H and O–H groups in total. The number of nitrogens with one attached hydrogen (secondary N) is 1. The molecule has 0 radical (unpaired) electrons. The van der Waals surface area contributed by atoms with E-state index >= 15 is 0 Å². The zero-order valence-electron chi connectivity index (χ0n) is 16.3. The Hall–Kier alpha value is -4.08. The van der Waals surface area contributed by atoms with E-state index in [-0.39, 0.29) is 6.10 Å². The molecule has 164 valence electrons. The van der Waals surface area contributed by atoms with Gasteiger partial charge in [0.05, 0.1) is 11.0 Å². The van der Waals surface area contributed by atoms with Crippen LogP contribution in [0.5, 0.6) is 11.5 Å². The van der Waals surface area contributed by atoms with Crippen molar-refractivity contribution in [2.45, 2.75) is 12.3 Å². The van der Waals surface area contributed by atoms with Crippen molar-refractivity contribution in [1.82, 2.24) is 15.0 Å². The molecule has 1 unspecified atom stereocenters. The maximum absolute atomic E-state index is 10.6. The minimum atomic E-state index is -5.08. The van der Waals surface area contributed by atoms with Crippen molar-refractivity contribution in [2.24, 2.45) is 0 Å². The smallest absolute Gasteiger partial charge is 0.485 e. The van der Waals surface area contributed by atoms with E-state index in [1.165, 1.54) is 0 Å². The number of fused-ring (bicyclic) bond motifs is 2. The summed E-state index contributed by atoms with van der Waals surface area (Å²) >= 11 is 0. The number of benzene rings is 2. The van der Waals surface area contributed by atoms with E-state index in [0.717, 1.165) is 39.5 Å². The zero-order valence-corrected chi connectivity index (χ0v) is 16.3. The van der Waals surface area contributed by atoms with Crippen molar-refractivity contribution in [3.8, 4) is 22.6 Å². The van der Waals surface area contributed by atoms with Gasteiger partial charge < -0.3 is 19.6 Å². The van der Waals surface area contributed by atoms with Crippen LogP contribution in [0.3, 0.4) is 0 Å². The first-order valence-corrected chi connectivity index (χ1v) is 9.40. The highest BCUT2D eigenvalue weighted by molar-refractivity contribution is 5.82. The third-order valence-electron chi connectivity index (χ3n) is 4.57. The summed E-state index contributed by atoms with van der Waals surface area (Å²) < 4.78 is 43.6. The molecule has 32 heavy (non-hydrogen) atoms. The number of carboxylic acids is 1. The minimum absolute atomic E-state index is 0.244. The van der Waals surface area contributed by atoms with Crippen LogP contribution >= 0.6 is 0 Å². The SMILES string of the molecule is O=C(O)C(F)(F)F.c1ccc2c(c1)OCC(c1nc3ccc(-c4ccncc4)cc3[nH]1)O2. The number of imidazole rings is 1. The summed E-state index contributed by atoms with van der Waals surface area (Å²) in [6.45, 7) is 0.439. The van der Waals surface area contributed by atoms with Gasteiger partial charge in [-0.2, -0.15) is 13.2 Å². The molecule has 1 atom stereocenters. The van der Waals surface area contributed by atoms with Crippen LogP contribution in [0.4, 0.5) is 13.2 Å². The number of pyridine rings is 1. The molecule has 3 heterocycles. The first-order chi connectivity index (χ1) is 15.3. The number of alkyl halides is 3. The third kappa shape index (κ3) is 4.64. The number of hydrogen-bond acceptors (Lipinski definition) is 5. The molecule has 1 aliphatic rings. The van der Waals surface area contributed by atoms with Crippen LogP contribution in [-0.2, 0) is 4.79 Å². The summed E-state index contributed by atoms with van der Waals surface area (Å²) in [5.74, 6) is -0.463. The number of aliphatic carboxylic acids is 1. The fourth-order valence-electron chi connectivity index (χ4n) is 3.06. The third-order valence-corrected chi connectivity index (χ3v) is 4.57. The van der Waals surface area contributed by atoms with Gasteiger partial charge in [-0.1, -0.05) is 18.2 Å². The van der Waals surface area contributed by atoms with Crippen molar-refractivity contribution in [3.05, 3.63) is 72.8 Å². The number of carboxylic acid groups (broad SMARTS) is 1. The number of hydrogen-bond donors (Lipinski definition) is 2. The van der Waals surface area contributed by atoms with Crippen LogP contribution in [-0.4, -0.2) is 38.8 Å². The van der Waals surface area contributed by atoms with Gasteiger partial charge in [-0.25, -0.2) is 9.78 Å². The molecule has 7 nitrogen and oxygen atoms in total. The summed E-state index contributed by atoms with van der Waals surface area (Å²) in [4.78, 5) is 21.0.